The molecule has 6 nitrogen and oxygen atoms in total. The molecule has 7 heteroatoms. The molecule has 3 N–H and O–H groups in total. The number of aromatic nitrogens is 2. The van der Waals surface area contributed by atoms with E-state index in [4.69, 9.17) is 11.6 Å². The fourth-order valence-corrected chi connectivity index (χ4v) is 3.45. The first-order valence-electron chi connectivity index (χ1n) is 9.36. The van der Waals surface area contributed by atoms with Crippen molar-refractivity contribution >= 4 is 28.4 Å². The number of carbonyl (C=O) groups is 1. The number of hydrogen-bond acceptors (Lipinski definition) is 4. The van der Waals surface area contributed by atoms with Gasteiger partial charge < -0.3 is 15.4 Å². The van der Waals surface area contributed by atoms with E-state index in [-0.39, 0.29) is 17.2 Å². The summed E-state index contributed by atoms with van der Waals surface area (Å²) < 4.78 is 1.53. The van der Waals surface area contributed by atoms with E-state index in [1.807, 2.05) is 6.07 Å². The lowest BCUT2D eigenvalue weighted by Gasteiger charge is -2.07. The van der Waals surface area contributed by atoms with Gasteiger partial charge in [-0.1, -0.05) is 17.7 Å². The molecular formula is C21H24ClN3O3. The van der Waals surface area contributed by atoms with Crippen LogP contribution in [0.1, 0.15) is 35.2 Å². The van der Waals surface area contributed by atoms with Crippen LogP contribution in [-0.4, -0.2) is 33.5 Å². The van der Waals surface area contributed by atoms with Gasteiger partial charge in [-0.25, -0.2) is 4.79 Å². The number of H-pyrrole nitrogens is 1. The Bertz CT molecular complexity index is 1040. The van der Waals surface area contributed by atoms with Crippen LogP contribution >= 0.6 is 11.6 Å². The monoisotopic (exact) mass is 401 g/mol. The van der Waals surface area contributed by atoms with E-state index >= 15 is 0 Å². The number of hydrogen-bond donors (Lipinski definition) is 3. The minimum atomic E-state index is -0.181. The number of halogens is 1. The molecule has 0 atom stereocenters. The largest absolute Gasteiger partial charge is 0.508 e. The molecule has 0 saturated heterocycles. The van der Waals surface area contributed by atoms with Crippen molar-refractivity contribution in [1.82, 2.24) is 14.9 Å². The van der Waals surface area contributed by atoms with Gasteiger partial charge in [0.1, 0.15) is 5.75 Å². The van der Waals surface area contributed by atoms with Crippen molar-refractivity contribution in [2.45, 2.75) is 25.7 Å². The quantitative estimate of drug-likeness (QED) is 0.379. The second-order valence-electron chi connectivity index (χ2n) is 6.88. The van der Waals surface area contributed by atoms with Gasteiger partial charge in [0.05, 0.1) is 11.0 Å². The van der Waals surface area contributed by atoms with Gasteiger partial charge in [0.15, 0.2) is 5.78 Å². The maximum Gasteiger partial charge on any atom is 0.326 e. The Morgan fingerprint density at radius 1 is 1.18 bits per heavy atom. The third kappa shape index (κ3) is 4.82. The van der Waals surface area contributed by atoms with Gasteiger partial charge in [0.2, 0.25) is 0 Å². The number of fused-ring (bicyclic) bond motifs is 1. The zero-order valence-electron chi connectivity index (χ0n) is 15.8. The molecule has 0 fully saturated rings. The van der Waals surface area contributed by atoms with Crippen molar-refractivity contribution in [3.63, 3.8) is 0 Å². The number of imidazole rings is 1. The van der Waals surface area contributed by atoms with Crippen molar-refractivity contribution in [3.8, 4) is 5.75 Å². The molecule has 1 aromatic heterocycles. The minimum absolute atomic E-state index is 0.0856. The van der Waals surface area contributed by atoms with Gasteiger partial charge in [-0.15, -0.1) is 0 Å². The van der Waals surface area contributed by atoms with Crippen molar-refractivity contribution in [2.24, 2.45) is 7.05 Å². The molecule has 0 saturated carbocycles. The summed E-state index contributed by atoms with van der Waals surface area (Å²) in [6.07, 6.45) is 2.97. The van der Waals surface area contributed by atoms with E-state index in [0.717, 1.165) is 43.4 Å². The molecule has 0 radical (unpaired) electrons. The van der Waals surface area contributed by atoms with Crippen LogP contribution in [-0.2, 0) is 13.5 Å². The average Bonchev–Trinajstić information content (AvgIpc) is 2.95. The summed E-state index contributed by atoms with van der Waals surface area (Å²) in [4.78, 5) is 26.8. The number of benzene rings is 2. The van der Waals surface area contributed by atoms with Crippen LogP contribution in [0.5, 0.6) is 5.75 Å². The van der Waals surface area contributed by atoms with Crippen molar-refractivity contribution < 1.29 is 9.90 Å². The Hall–Kier alpha value is -2.57. The minimum Gasteiger partial charge on any atom is -0.508 e. The van der Waals surface area contributed by atoms with E-state index in [9.17, 15) is 14.7 Å². The predicted molar refractivity (Wildman–Crippen MR) is 111 cm³/mol. The van der Waals surface area contributed by atoms with E-state index in [2.05, 4.69) is 10.3 Å². The van der Waals surface area contributed by atoms with Crippen LogP contribution in [0.3, 0.4) is 0 Å². The molecule has 3 rings (SSSR count). The zero-order chi connectivity index (χ0) is 20.1. The number of nitrogens with zero attached hydrogens (tertiary/aromatic N) is 1. The van der Waals surface area contributed by atoms with E-state index in [0.29, 0.717) is 22.5 Å². The number of phenolic OH excluding ortho intramolecular Hbond substituents is 1. The van der Waals surface area contributed by atoms with E-state index < -0.39 is 0 Å². The van der Waals surface area contributed by atoms with E-state index in [1.165, 1.54) is 4.57 Å². The molecule has 3 aromatic rings. The standard InChI is InChI=1S/C21H24ClN3O3/c1-25-19-8-6-15(12-18(19)24-21(25)28)20(27)4-2-3-10-23-11-9-14-5-7-16(26)13-17(14)22/h5-8,12-13,23,26H,2-4,9-11H2,1H3,(H,24,28). The number of aromatic hydroxyl groups is 1. The maximum absolute atomic E-state index is 12.4. The number of aromatic amines is 1. The summed E-state index contributed by atoms with van der Waals surface area (Å²) in [6.45, 7) is 1.62. The maximum atomic E-state index is 12.4. The average molecular weight is 402 g/mol. The number of unbranched alkanes of at least 4 members (excludes halogenated alkanes) is 1. The summed E-state index contributed by atoms with van der Waals surface area (Å²) in [6, 6.07) is 10.3. The second kappa shape index (κ2) is 9.08. The summed E-state index contributed by atoms with van der Waals surface area (Å²) in [5, 5.41) is 13.3. The fourth-order valence-electron chi connectivity index (χ4n) is 3.18. The van der Waals surface area contributed by atoms with Gasteiger partial charge >= 0.3 is 5.69 Å². The Balaban J connectivity index is 1.38. The second-order valence-corrected chi connectivity index (χ2v) is 7.28. The van der Waals surface area contributed by atoms with Crippen molar-refractivity contribution in [1.29, 1.82) is 0 Å². The van der Waals surface area contributed by atoms with Crippen LogP contribution < -0.4 is 11.0 Å². The summed E-state index contributed by atoms with van der Waals surface area (Å²) in [5.74, 6) is 0.256. The molecule has 148 valence electrons. The van der Waals surface area contributed by atoms with Crippen LogP contribution in [0.15, 0.2) is 41.2 Å². The van der Waals surface area contributed by atoms with Gasteiger partial charge in [0, 0.05) is 24.1 Å². The molecule has 0 aliphatic rings. The van der Waals surface area contributed by atoms with E-state index in [1.54, 1.807) is 37.4 Å². The third-order valence-corrected chi connectivity index (χ3v) is 5.19. The number of aryl methyl sites for hydroxylation is 1. The molecule has 0 aliphatic heterocycles. The highest BCUT2D eigenvalue weighted by Crippen LogP contribution is 2.21. The summed E-state index contributed by atoms with van der Waals surface area (Å²) in [7, 11) is 1.70. The summed E-state index contributed by atoms with van der Waals surface area (Å²) >= 11 is 6.09. The number of rotatable bonds is 9. The highest BCUT2D eigenvalue weighted by Gasteiger charge is 2.09. The van der Waals surface area contributed by atoms with Crippen LogP contribution in [0, 0.1) is 0 Å². The Morgan fingerprint density at radius 3 is 2.79 bits per heavy atom. The highest BCUT2D eigenvalue weighted by atomic mass is 35.5. The van der Waals surface area contributed by atoms with Gasteiger partial charge in [0.25, 0.3) is 0 Å². The Kier molecular flexibility index (Phi) is 6.54. The number of Topliss-reactive ketones (excluding diaryl/α,β-unsaturated/α-hetero) is 1. The first-order chi connectivity index (χ1) is 13.5. The van der Waals surface area contributed by atoms with Crippen LogP contribution in [0.4, 0.5) is 0 Å². The molecule has 0 amide bonds. The highest BCUT2D eigenvalue weighted by molar-refractivity contribution is 6.31. The number of nitrogens with one attached hydrogen (secondary N) is 2. The Labute approximate surface area is 168 Å². The third-order valence-electron chi connectivity index (χ3n) is 4.84. The van der Waals surface area contributed by atoms with Crippen molar-refractivity contribution in [3.05, 3.63) is 63.0 Å². The lowest BCUT2D eigenvalue weighted by Crippen LogP contribution is -2.18. The first kappa shape index (κ1) is 20.2. The topological polar surface area (TPSA) is 87.1 Å². The predicted octanol–water partition coefficient (Wildman–Crippen LogP) is 3.41. The molecule has 2 aromatic carbocycles. The molecular weight excluding hydrogens is 378 g/mol. The summed E-state index contributed by atoms with van der Waals surface area (Å²) in [5.41, 5.74) is 2.92. The molecule has 1 heterocycles. The van der Waals surface area contributed by atoms with Gasteiger partial charge in [-0.3, -0.25) is 9.36 Å². The SMILES string of the molecule is Cn1c(=O)[nH]c2cc(C(=O)CCCCNCCc3ccc(O)cc3Cl)ccc21. The van der Waals surface area contributed by atoms with Crippen LogP contribution in [0.2, 0.25) is 5.02 Å². The molecule has 0 bridgehead atoms. The molecule has 28 heavy (non-hydrogen) atoms. The van der Waals surface area contributed by atoms with Gasteiger partial charge in [-0.05, 0) is 68.2 Å². The van der Waals surface area contributed by atoms with Gasteiger partial charge in [-0.2, -0.15) is 0 Å². The zero-order valence-corrected chi connectivity index (χ0v) is 16.6. The lowest BCUT2D eigenvalue weighted by atomic mass is 10.0. The number of phenols is 1. The smallest absolute Gasteiger partial charge is 0.326 e. The lowest BCUT2D eigenvalue weighted by molar-refractivity contribution is 0.0979. The number of ketones is 1. The number of carbonyl (C=O) groups excluding carboxylic acids is 1. The molecule has 0 aliphatic carbocycles. The van der Waals surface area contributed by atoms with Crippen molar-refractivity contribution in [2.75, 3.05) is 13.1 Å². The fraction of sp³-hybridized carbons (Fsp3) is 0.333. The normalized spacial score (nSPS) is 11.2. The molecule has 0 spiro atoms. The Morgan fingerprint density at radius 2 is 2.00 bits per heavy atom. The first-order valence-corrected chi connectivity index (χ1v) is 9.73. The molecule has 0 unspecified atom stereocenters. The van der Waals surface area contributed by atoms with Crippen LogP contribution in [0.25, 0.3) is 11.0 Å².